The van der Waals surface area contributed by atoms with Gasteiger partial charge in [-0.2, -0.15) is 0 Å². The average Bonchev–Trinajstić information content (AvgIpc) is 3.30. The fraction of sp³-hybridized carbons (Fsp3) is 0.222. The Kier molecular flexibility index (Phi) is 92.0. The summed E-state index contributed by atoms with van der Waals surface area (Å²) >= 11 is 27.6. The van der Waals surface area contributed by atoms with Crippen molar-refractivity contribution < 1.29 is 163 Å². The molecule has 0 fully saturated rings. The fourth-order valence-electron chi connectivity index (χ4n) is 4.02. The van der Waals surface area contributed by atoms with Crippen LogP contribution in [0.5, 0.6) is 23.0 Å². The number of rotatable bonds is 12. The molecular weight excluding hydrogens is 2730 g/mol. The van der Waals surface area contributed by atoms with E-state index in [0.29, 0.717) is 52.2 Å². The van der Waals surface area contributed by atoms with Crippen LogP contribution in [0, 0.1) is 0 Å². The van der Waals surface area contributed by atoms with Crippen LogP contribution < -0.4 is 97.4 Å². The summed E-state index contributed by atoms with van der Waals surface area (Å²) in [5, 5.41) is 70.2. The Balaban J connectivity index is -0.0000000899. The van der Waals surface area contributed by atoms with Gasteiger partial charge in [0, 0.05) is 175 Å². The predicted octanol–water partition coefficient (Wildman–Crippen LogP) is -3.66. The van der Waals surface area contributed by atoms with Crippen LogP contribution in [-0.2, 0) is 44.9 Å². The van der Waals surface area contributed by atoms with Gasteiger partial charge < -0.3 is 117 Å². The van der Waals surface area contributed by atoms with Gasteiger partial charge in [-0.05, 0) is 70.8 Å². The number of quaternary nitrogens is 4. The number of halogens is 16. The number of benzene rings is 4. The van der Waals surface area contributed by atoms with Crippen LogP contribution in [0.15, 0.2) is 97.1 Å². The van der Waals surface area contributed by atoms with E-state index in [1.807, 2.05) is 0 Å². The third kappa shape index (κ3) is 62.5. The van der Waals surface area contributed by atoms with Crippen molar-refractivity contribution >= 4 is 247 Å². The number of carboxylic acid groups (broad SMARTS) is 4. The number of carbonyl (C=O) groups is 4. The van der Waals surface area contributed by atoms with Crippen molar-refractivity contribution in [1.29, 1.82) is 0 Å². The molecule has 17 nitrogen and oxygen atoms in total. The van der Waals surface area contributed by atoms with Crippen molar-refractivity contribution in [2.75, 3.05) is 0 Å². The van der Waals surface area contributed by atoms with Crippen LogP contribution in [0.1, 0.15) is 22.3 Å². The van der Waals surface area contributed by atoms with Crippen LogP contribution in [0.25, 0.3) is 0 Å². The summed E-state index contributed by atoms with van der Waals surface area (Å²) in [7, 11) is 0. The average molecular weight is 2780 g/mol. The number of phenols is 4. The molecule has 0 amide bonds. The van der Waals surface area contributed by atoms with Crippen molar-refractivity contribution in [3.05, 3.63) is 119 Å². The Labute approximate surface area is 588 Å². The molecule has 33 heteroatoms. The van der Waals surface area contributed by atoms with Gasteiger partial charge in [-0.15, -0.1) is 0 Å². The minimum absolute atomic E-state index is 0. The molecule has 0 heterocycles. The van der Waals surface area contributed by atoms with E-state index in [1.54, 1.807) is 48.5 Å². The molecule has 4 aromatic rings. The first kappa shape index (κ1) is 93.8. The second kappa shape index (κ2) is 67.7. The Morgan fingerprint density at radius 3 is 0.551 bits per heavy atom. The van der Waals surface area contributed by atoms with Crippen molar-refractivity contribution in [2.45, 2.75) is 49.9 Å². The summed E-state index contributed by atoms with van der Waals surface area (Å²) in [6.45, 7) is 0. The molecule has 0 saturated carbocycles. The number of hydrogen-bond donors (Lipinski definition) is 12. The zero-order valence-electron chi connectivity index (χ0n) is 35.0. The van der Waals surface area contributed by atoms with E-state index in [9.17, 15) is 19.2 Å². The molecule has 22 N–H and O–H groups in total. The first-order valence-electron chi connectivity index (χ1n) is 16.9. The Morgan fingerprint density at radius 2 is 0.464 bits per heavy atom. The van der Waals surface area contributed by atoms with E-state index < -0.39 is 48.0 Å². The van der Waals surface area contributed by atoms with Gasteiger partial charge in [0.15, 0.2) is 24.2 Å². The summed E-state index contributed by atoms with van der Waals surface area (Å²) in [6, 6.07) is 23.2. The number of aromatic hydroxyl groups is 4. The largest absolute Gasteiger partial charge is 1.00 e. The monoisotopic (exact) mass is 2780 g/mol. The molecule has 0 bridgehead atoms. The molecule has 0 spiro atoms. The molecule has 4 atom stereocenters. The first-order chi connectivity index (χ1) is 31.2. The van der Waals surface area contributed by atoms with Crippen LogP contribution in [0.2, 0.25) is 0 Å². The second-order valence-corrected chi connectivity index (χ2v) is 44.2. The second-order valence-electron chi connectivity index (χ2n) is 11.7. The molecule has 0 radical (unpaired) electrons. The van der Waals surface area contributed by atoms with E-state index in [0.717, 1.165) is 22.3 Å². The van der Waals surface area contributed by atoms with Crippen LogP contribution in [0.4, 0.5) is 0 Å². The Morgan fingerprint density at radius 1 is 0.362 bits per heavy atom. The maximum atomic E-state index is 10.5. The molecule has 4 rings (SSSR count). The quantitative estimate of drug-likeness (QED) is 0.0611. The van der Waals surface area contributed by atoms with Gasteiger partial charge in [0.1, 0.15) is 23.0 Å². The minimum atomic E-state index is -0.909. The van der Waals surface area contributed by atoms with Gasteiger partial charge in [0.25, 0.3) is 0 Å². The van der Waals surface area contributed by atoms with Crippen LogP contribution >= 0.6 is 223 Å². The predicted molar refractivity (Wildman–Crippen MR) is 356 cm³/mol. The molecule has 4 aromatic carbocycles. The number of hydrogen-bond acceptors (Lipinski definition) is 8. The molecule has 404 valence electrons. The molecule has 69 heavy (non-hydrogen) atoms. The molecule has 0 unspecified atom stereocenters. The number of phenolic OH excluding ortho intramolecular Hbond substituents is 4. The van der Waals surface area contributed by atoms with Crippen molar-refractivity contribution in [1.82, 2.24) is 0 Å². The molecule has 0 aliphatic rings. The molecule has 0 aliphatic carbocycles. The van der Waals surface area contributed by atoms with Gasteiger partial charge in [-0.1, -0.05) is 48.5 Å². The topological polar surface area (TPSA) is 372 Å². The van der Waals surface area contributed by atoms with E-state index in [2.05, 4.69) is 246 Å². The molecule has 0 aliphatic heterocycles. The Hall–Kier alpha value is 5.44. The molecular formula is C36H50I16N4O13. The smallest absolute Gasteiger partial charge is 0.362 e. The van der Waals surface area contributed by atoms with Gasteiger partial charge >= 0.3 is 125 Å². The first-order valence-corrected chi connectivity index (χ1v) is 67.2. The Bertz CT molecular complexity index is 1520. The molecule has 0 saturated heterocycles. The van der Waals surface area contributed by atoms with Crippen molar-refractivity contribution in [3.63, 3.8) is 0 Å². The van der Waals surface area contributed by atoms with Gasteiger partial charge in [-0.3, -0.25) is 0 Å². The SMILES string of the molecule is II.II.II.II.I[I-]I.I[I-]I.O.[I-].[I-].[NH3+][C@@H](Cc1ccc(O)cc1)C(=O)O.[NH3+][C@@H](Cc1ccc(O)cc1)C(=O)O.[NH3+][C@@H](Cc1ccc(O)cc1)C(=O)O.[NH3+][C@@H](Cc1ccc(O)cc1)C(=O)O. The summed E-state index contributed by atoms with van der Waals surface area (Å²) in [5.41, 5.74) is 17.4. The third-order valence-electron chi connectivity index (χ3n) is 7.07. The van der Waals surface area contributed by atoms with Crippen molar-refractivity contribution in [3.8, 4) is 23.0 Å². The summed E-state index contributed by atoms with van der Waals surface area (Å²) < 4.78 is 0. The third-order valence-corrected chi connectivity index (χ3v) is 7.07. The minimum Gasteiger partial charge on any atom is -1.00 e. The summed E-state index contributed by atoms with van der Waals surface area (Å²) in [4.78, 5) is 41.8. The van der Waals surface area contributed by atoms with Gasteiger partial charge in [0.2, 0.25) is 0 Å². The van der Waals surface area contributed by atoms with Crippen LogP contribution in [0.3, 0.4) is 0 Å². The zero-order chi connectivity index (χ0) is 52.8. The normalized spacial score (nSPS) is 10.3. The van der Waals surface area contributed by atoms with Crippen LogP contribution in [-0.4, -0.2) is 94.4 Å². The standard InChI is InChI=1S/4C9H11NO3.2I3.4I2.2HI.H2O/c4*10-8(9(12)13)5-6-1-3-7(11)4-2-6;2*1-3-2;4*1-2;;;/h4*1-4,8,11H,5,10H2,(H,12,13);;;;;;;2*1H;1H2/q;;;;2*-1;;;;;;;/p+2/t4*8-;;;;;;;;;/m0000........./s1. The summed E-state index contributed by atoms with van der Waals surface area (Å²) in [6.07, 6.45) is 1.54. The number of carboxylic acids is 4. The molecule has 0 aromatic heterocycles. The van der Waals surface area contributed by atoms with E-state index >= 15 is 0 Å². The zero-order valence-corrected chi connectivity index (χ0v) is 69.5. The van der Waals surface area contributed by atoms with Crippen molar-refractivity contribution in [2.24, 2.45) is 0 Å². The van der Waals surface area contributed by atoms with E-state index in [-0.39, 0.29) is 76.4 Å². The number of aliphatic carboxylic acids is 4. The van der Waals surface area contributed by atoms with E-state index in [4.69, 9.17) is 40.9 Å². The van der Waals surface area contributed by atoms with Gasteiger partial charge in [0.05, 0.1) is 0 Å². The van der Waals surface area contributed by atoms with Gasteiger partial charge in [-0.25, -0.2) is 19.2 Å². The van der Waals surface area contributed by atoms with E-state index in [1.165, 1.54) is 48.5 Å². The maximum Gasteiger partial charge on any atom is 0.362 e. The summed E-state index contributed by atoms with van der Waals surface area (Å²) in [5.74, 6) is -2.92. The fourth-order valence-corrected chi connectivity index (χ4v) is 4.02. The maximum absolute atomic E-state index is 10.5.